The zero-order chi connectivity index (χ0) is 8.77. The molecule has 0 heterocycles. The smallest absolute Gasteiger partial charge is 0.142 e. The van der Waals surface area contributed by atoms with Crippen LogP contribution in [0.3, 0.4) is 0 Å². The molecule has 0 amide bonds. The van der Waals surface area contributed by atoms with Crippen LogP contribution in [0.15, 0.2) is 11.6 Å². The van der Waals surface area contributed by atoms with Gasteiger partial charge in [0.2, 0.25) is 0 Å². The van der Waals surface area contributed by atoms with Gasteiger partial charge in [-0.25, -0.2) is 0 Å². The van der Waals surface area contributed by atoms with E-state index in [9.17, 15) is 4.79 Å². The molecule has 0 bridgehead atoms. The lowest BCUT2D eigenvalue weighted by Crippen LogP contribution is -2.29. The van der Waals surface area contributed by atoms with Crippen LogP contribution in [0, 0.1) is 11.3 Å². The Bertz CT molecular complexity index is 252. The van der Waals surface area contributed by atoms with Crippen molar-refractivity contribution in [2.24, 2.45) is 11.3 Å². The van der Waals surface area contributed by atoms with Crippen LogP contribution < -0.4 is 0 Å². The summed E-state index contributed by atoms with van der Waals surface area (Å²) in [7, 11) is 0. The number of hydrogen-bond donors (Lipinski definition) is 0. The molecule has 0 radical (unpaired) electrons. The minimum atomic E-state index is -0.0810. The van der Waals surface area contributed by atoms with E-state index in [4.69, 9.17) is 0 Å². The highest BCUT2D eigenvalue weighted by Gasteiger charge is 2.45. The Morgan fingerprint density at radius 3 is 2.83 bits per heavy atom. The third-order valence-corrected chi connectivity index (χ3v) is 3.60. The van der Waals surface area contributed by atoms with Crippen molar-refractivity contribution in [3.63, 3.8) is 0 Å². The van der Waals surface area contributed by atoms with Crippen LogP contribution in [0.4, 0.5) is 0 Å². The molecule has 1 fully saturated rings. The standard InChI is InChI=1S/C11H16O/c1-8-3-4-9-5-6-10(12)11(9,2)7-8/h7,9H,3-6H2,1-2H3. The first kappa shape index (κ1) is 8.03. The van der Waals surface area contributed by atoms with Crippen molar-refractivity contribution in [1.82, 2.24) is 0 Å². The van der Waals surface area contributed by atoms with E-state index >= 15 is 0 Å². The fourth-order valence-corrected chi connectivity index (χ4v) is 2.73. The van der Waals surface area contributed by atoms with Crippen LogP contribution in [-0.2, 0) is 4.79 Å². The Labute approximate surface area is 73.8 Å². The summed E-state index contributed by atoms with van der Waals surface area (Å²) in [6.45, 7) is 4.27. The average molecular weight is 164 g/mol. The number of carbonyl (C=O) groups is 1. The predicted octanol–water partition coefficient (Wildman–Crippen LogP) is 2.71. The molecule has 0 aliphatic heterocycles. The molecule has 2 atom stereocenters. The van der Waals surface area contributed by atoms with Crippen molar-refractivity contribution in [2.45, 2.75) is 39.5 Å². The first-order valence-corrected chi connectivity index (χ1v) is 4.84. The number of fused-ring (bicyclic) bond motifs is 1. The molecule has 0 saturated heterocycles. The third-order valence-electron chi connectivity index (χ3n) is 3.60. The molecule has 2 aliphatic rings. The van der Waals surface area contributed by atoms with Gasteiger partial charge >= 0.3 is 0 Å². The van der Waals surface area contributed by atoms with Crippen LogP contribution in [-0.4, -0.2) is 5.78 Å². The summed E-state index contributed by atoms with van der Waals surface area (Å²) >= 11 is 0. The van der Waals surface area contributed by atoms with Crippen LogP contribution >= 0.6 is 0 Å². The Morgan fingerprint density at radius 2 is 2.08 bits per heavy atom. The molecule has 2 unspecified atom stereocenters. The summed E-state index contributed by atoms with van der Waals surface area (Å²) in [5, 5.41) is 0. The summed E-state index contributed by atoms with van der Waals surface area (Å²) in [4.78, 5) is 11.6. The zero-order valence-electron chi connectivity index (χ0n) is 7.89. The maximum atomic E-state index is 11.6. The van der Waals surface area contributed by atoms with Crippen LogP contribution in [0.5, 0.6) is 0 Å². The van der Waals surface area contributed by atoms with E-state index < -0.39 is 0 Å². The maximum Gasteiger partial charge on any atom is 0.142 e. The minimum absolute atomic E-state index is 0.0810. The minimum Gasteiger partial charge on any atom is -0.299 e. The lowest BCUT2D eigenvalue weighted by Gasteiger charge is -2.31. The SMILES string of the molecule is CC1=CC2(C)C(=O)CCC2CC1. The molecule has 0 aromatic carbocycles. The van der Waals surface area contributed by atoms with Gasteiger partial charge in [0.15, 0.2) is 0 Å². The van der Waals surface area contributed by atoms with E-state index in [-0.39, 0.29) is 5.41 Å². The second-order valence-corrected chi connectivity index (χ2v) is 4.47. The predicted molar refractivity (Wildman–Crippen MR) is 48.8 cm³/mol. The fourth-order valence-electron chi connectivity index (χ4n) is 2.73. The van der Waals surface area contributed by atoms with Crippen molar-refractivity contribution in [3.05, 3.63) is 11.6 Å². The monoisotopic (exact) mass is 164 g/mol. The van der Waals surface area contributed by atoms with Gasteiger partial charge < -0.3 is 0 Å². The second-order valence-electron chi connectivity index (χ2n) is 4.47. The van der Waals surface area contributed by atoms with Crippen molar-refractivity contribution in [2.75, 3.05) is 0 Å². The molecule has 1 heteroatoms. The van der Waals surface area contributed by atoms with E-state index in [1.807, 2.05) is 0 Å². The van der Waals surface area contributed by atoms with Gasteiger partial charge in [-0.05, 0) is 39.0 Å². The van der Waals surface area contributed by atoms with Crippen molar-refractivity contribution in [3.8, 4) is 0 Å². The number of allylic oxidation sites excluding steroid dienone is 2. The van der Waals surface area contributed by atoms with Gasteiger partial charge in [-0.15, -0.1) is 0 Å². The Hall–Kier alpha value is -0.590. The van der Waals surface area contributed by atoms with E-state index in [0.717, 1.165) is 12.8 Å². The molecular formula is C11H16O. The molecule has 0 aromatic rings. The summed E-state index contributed by atoms with van der Waals surface area (Å²) in [5.74, 6) is 1.11. The quantitative estimate of drug-likeness (QED) is 0.503. The van der Waals surface area contributed by atoms with E-state index in [2.05, 4.69) is 19.9 Å². The zero-order valence-corrected chi connectivity index (χ0v) is 7.89. The molecular weight excluding hydrogens is 148 g/mol. The van der Waals surface area contributed by atoms with E-state index in [1.165, 1.54) is 18.4 Å². The summed E-state index contributed by atoms with van der Waals surface area (Å²) in [6.07, 6.45) is 6.58. The van der Waals surface area contributed by atoms with Gasteiger partial charge in [-0.1, -0.05) is 11.6 Å². The lowest BCUT2D eigenvalue weighted by molar-refractivity contribution is -0.124. The van der Waals surface area contributed by atoms with Crippen LogP contribution in [0.1, 0.15) is 39.5 Å². The first-order valence-electron chi connectivity index (χ1n) is 4.84. The van der Waals surface area contributed by atoms with Crippen molar-refractivity contribution >= 4 is 5.78 Å². The maximum absolute atomic E-state index is 11.6. The Kier molecular flexibility index (Phi) is 1.64. The third kappa shape index (κ3) is 0.954. The molecule has 12 heavy (non-hydrogen) atoms. The summed E-state index contributed by atoms with van der Waals surface area (Å²) < 4.78 is 0. The second kappa shape index (κ2) is 2.45. The molecule has 1 nitrogen and oxygen atoms in total. The fraction of sp³-hybridized carbons (Fsp3) is 0.727. The Balaban J connectivity index is 2.38. The number of rotatable bonds is 0. The number of ketones is 1. The average Bonchev–Trinajstić information content (AvgIpc) is 2.28. The van der Waals surface area contributed by atoms with Gasteiger partial charge in [0.25, 0.3) is 0 Å². The number of hydrogen-bond acceptors (Lipinski definition) is 1. The largest absolute Gasteiger partial charge is 0.299 e. The van der Waals surface area contributed by atoms with E-state index in [0.29, 0.717) is 11.7 Å². The molecule has 0 aromatic heterocycles. The van der Waals surface area contributed by atoms with Gasteiger partial charge in [-0.2, -0.15) is 0 Å². The highest BCUT2D eigenvalue weighted by atomic mass is 16.1. The van der Waals surface area contributed by atoms with Gasteiger partial charge in [-0.3, -0.25) is 4.79 Å². The highest BCUT2D eigenvalue weighted by molar-refractivity contribution is 5.89. The molecule has 2 rings (SSSR count). The first-order chi connectivity index (χ1) is 5.63. The van der Waals surface area contributed by atoms with Crippen molar-refractivity contribution < 1.29 is 4.79 Å². The summed E-state index contributed by atoms with van der Waals surface area (Å²) in [5.41, 5.74) is 1.33. The Morgan fingerprint density at radius 1 is 1.42 bits per heavy atom. The number of Topliss-reactive ketones (excluding diaryl/α,β-unsaturated/α-hetero) is 1. The molecule has 0 N–H and O–H groups in total. The number of carbonyl (C=O) groups excluding carboxylic acids is 1. The van der Waals surface area contributed by atoms with E-state index in [1.54, 1.807) is 0 Å². The topological polar surface area (TPSA) is 17.1 Å². The highest BCUT2D eigenvalue weighted by Crippen LogP contribution is 2.47. The van der Waals surface area contributed by atoms with Crippen LogP contribution in [0.25, 0.3) is 0 Å². The van der Waals surface area contributed by atoms with Crippen LogP contribution in [0.2, 0.25) is 0 Å². The lowest BCUT2D eigenvalue weighted by atomic mass is 9.71. The summed E-state index contributed by atoms with van der Waals surface area (Å²) in [6, 6.07) is 0. The molecule has 2 aliphatic carbocycles. The molecule has 1 saturated carbocycles. The molecule has 66 valence electrons. The van der Waals surface area contributed by atoms with Gasteiger partial charge in [0.1, 0.15) is 5.78 Å². The normalized spacial score (nSPS) is 41.0. The molecule has 0 spiro atoms. The van der Waals surface area contributed by atoms with Crippen molar-refractivity contribution in [1.29, 1.82) is 0 Å². The van der Waals surface area contributed by atoms with Gasteiger partial charge in [0, 0.05) is 11.8 Å². The van der Waals surface area contributed by atoms with Gasteiger partial charge in [0.05, 0.1) is 0 Å².